The Hall–Kier alpha value is -1.48. The van der Waals surface area contributed by atoms with Crippen molar-refractivity contribution in [3.8, 4) is 11.3 Å². The van der Waals surface area contributed by atoms with Gasteiger partial charge < -0.3 is 0 Å². The second-order valence-corrected chi connectivity index (χ2v) is 3.24. The van der Waals surface area contributed by atoms with E-state index in [2.05, 4.69) is 9.97 Å². The quantitative estimate of drug-likeness (QED) is 0.730. The molecule has 2 aromatic rings. The van der Waals surface area contributed by atoms with Crippen molar-refractivity contribution in [2.45, 2.75) is 5.88 Å². The summed E-state index contributed by atoms with van der Waals surface area (Å²) in [6.45, 7) is 0. The van der Waals surface area contributed by atoms with Crippen molar-refractivity contribution in [1.82, 2.24) is 9.97 Å². The molecule has 1 aromatic carbocycles. The Morgan fingerprint density at radius 1 is 1.20 bits per heavy atom. The van der Waals surface area contributed by atoms with Crippen molar-refractivity contribution in [1.29, 1.82) is 0 Å². The van der Waals surface area contributed by atoms with Crippen LogP contribution < -0.4 is 0 Å². The molecule has 1 heterocycles. The van der Waals surface area contributed by atoms with Gasteiger partial charge in [-0.05, 0) is 18.2 Å². The molecular weight excluding hydrogens is 215 g/mol. The molecule has 15 heavy (non-hydrogen) atoms. The SMILES string of the molecule is Fc1ccccc1-c1ccnc(CCl)n1. The third-order valence-corrected chi connectivity index (χ3v) is 2.21. The maximum atomic E-state index is 13.4. The zero-order chi connectivity index (χ0) is 10.7. The molecule has 76 valence electrons. The predicted molar refractivity (Wildman–Crippen MR) is 57.0 cm³/mol. The van der Waals surface area contributed by atoms with Gasteiger partial charge in [0.25, 0.3) is 0 Å². The van der Waals surface area contributed by atoms with Crippen LogP contribution in [0.25, 0.3) is 11.3 Å². The Kier molecular flexibility index (Phi) is 2.92. The van der Waals surface area contributed by atoms with E-state index in [9.17, 15) is 4.39 Å². The molecule has 4 heteroatoms. The van der Waals surface area contributed by atoms with E-state index in [1.165, 1.54) is 6.07 Å². The average molecular weight is 223 g/mol. The van der Waals surface area contributed by atoms with Crippen molar-refractivity contribution in [2.75, 3.05) is 0 Å². The molecule has 0 aliphatic heterocycles. The summed E-state index contributed by atoms with van der Waals surface area (Å²) in [6.07, 6.45) is 1.58. The zero-order valence-electron chi connectivity index (χ0n) is 7.82. The molecule has 2 rings (SSSR count). The molecule has 0 N–H and O–H groups in total. The minimum absolute atomic E-state index is 0.224. The van der Waals surface area contributed by atoms with Gasteiger partial charge in [-0.3, -0.25) is 0 Å². The molecule has 0 spiro atoms. The Labute approximate surface area is 91.8 Å². The largest absolute Gasteiger partial charge is 0.240 e. The first-order valence-electron chi connectivity index (χ1n) is 4.44. The lowest BCUT2D eigenvalue weighted by molar-refractivity contribution is 0.630. The molecule has 0 saturated carbocycles. The number of benzene rings is 1. The van der Waals surface area contributed by atoms with Gasteiger partial charge in [0.15, 0.2) is 0 Å². The van der Waals surface area contributed by atoms with Crippen LogP contribution in [0.5, 0.6) is 0 Å². The molecule has 0 bridgehead atoms. The second-order valence-electron chi connectivity index (χ2n) is 2.97. The van der Waals surface area contributed by atoms with E-state index >= 15 is 0 Å². The molecule has 0 fully saturated rings. The van der Waals surface area contributed by atoms with Crippen LogP contribution >= 0.6 is 11.6 Å². The Bertz CT molecular complexity index is 474. The minimum atomic E-state index is -0.295. The maximum absolute atomic E-state index is 13.4. The highest BCUT2D eigenvalue weighted by Gasteiger charge is 2.05. The van der Waals surface area contributed by atoms with E-state index < -0.39 is 0 Å². The van der Waals surface area contributed by atoms with E-state index in [0.29, 0.717) is 17.1 Å². The smallest absolute Gasteiger partial charge is 0.143 e. The average Bonchev–Trinajstić information content (AvgIpc) is 2.30. The summed E-state index contributed by atoms with van der Waals surface area (Å²) in [4.78, 5) is 8.09. The van der Waals surface area contributed by atoms with Gasteiger partial charge in [-0.2, -0.15) is 0 Å². The summed E-state index contributed by atoms with van der Waals surface area (Å²) >= 11 is 5.61. The Balaban J connectivity index is 2.49. The number of hydrogen-bond acceptors (Lipinski definition) is 2. The van der Waals surface area contributed by atoms with Gasteiger partial charge in [0.1, 0.15) is 11.6 Å². The van der Waals surface area contributed by atoms with Gasteiger partial charge >= 0.3 is 0 Å². The number of hydrogen-bond donors (Lipinski definition) is 0. The van der Waals surface area contributed by atoms with Crippen LogP contribution in [0.1, 0.15) is 5.82 Å². The normalized spacial score (nSPS) is 10.3. The van der Waals surface area contributed by atoms with Crippen molar-refractivity contribution in [3.05, 3.63) is 48.2 Å². The first-order chi connectivity index (χ1) is 7.31. The van der Waals surface area contributed by atoms with Crippen molar-refractivity contribution in [3.63, 3.8) is 0 Å². The fraction of sp³-hybridized carbons (Fsp3) is 0.0909. The number of halogens is 2. The highest BCUT2D eigenvalue weighted by atomic mass is 35.5. The first kappa shape index (κ1) is 10.1. The summed E-state index contributed by atoms with van der Waals surface area (Å²) < 4.78 is 13.4. The topological polar surface area (TPSA) is 25.8 Å². The van der Waals surface area contributed by atoms with E-state index in [1.807, 2.05) is 0 Å². The molecule has 0 atom stereocenters. The minimum Gasteiger partial charge on any atom is -0.240 e. The number of nitrogens with zero attached hydrogens (tertiary/aromatic N) is 2. The van der Waals surface area contributed by atoms with Gasteiger partial charge in [0.2, 0.25) is 0 Å². The molecule has 0 radical (unpaired) electrons. The standard InChI is InChI=1S/C11H8ClFN2/c12-7-11-14-6-5-10(15-11)8-3-1-2-4-9(8)13/h1-6H,7H2. The summed E-state index contributed by atoms with van der Waals surface area (Å²) in [5.41, 5.74) is 1.02. The molecule has 0 amide bonds. The van der Waals surface area contributed by atoms with Crippen molar-refractivity contribution < 1.29 is 4.39 Å². The highest BCUT2D eigenvalue weighted by Crippen LogP contribution is 2.19. The molecule has 1 aromatic heterocycles. The Morgan fingerprint density at radius 3 is 2.73 bits per heavy atom. The number of alkyl halides is 1. The molecule has 2 nitrogen and oxygen atoms in total. The number of rotatable bonds is 2. The van der Waals surface area contributed by atoms with Gasteiger partial charge in [-0.15, -0.1) is 11.6 Å². The summed E-state index contributed by atoms with van der Waals surface area (Å²) in [6, 6.07) is 8.14. The first-order valence-corrected chi connectivity index (χ1v) is 4.97. The Morgan fingerprint density at radius 2 is 2.00 bits per heavy atom. The molecule has 0 unspecified atom stereocenters. The van der Waals surface area contributed by atoms with E-state index in [0.717, 1.165) is 0 Å². The van der Waals surface area contributed by atoms with Crippen LogP contribution in [0, 0.1) is 5.82 Å². The fourth-order valence-electron chi connectivity index (χ4n) is 1.28. The van der Waals surface area contributed by atoms with Gasteiger partial charge in [0.05, 0.1) is 11.6 Å². The molecule has 0 saturated heterocycles. The third kappa shape index (κ3) is 2.13. The van der Waals surface area contributed by atoms with Gasteiger partial charge in [-0.25, -0.2) is 14.4 Å². The van der Waals surface area contributed by atoms with Crippen LogP contribution in [0.3, 0.4) is 0 Å². The van der Waals surface area contributed by atoms with Crippen LogP contribution in [0.2, 0.25) is 0 Å². The third-order valence-electron chi connectivity index (χ3n) is 1.97. The lowest BCUT2D eigenvalue weighted by atomic mass is 10.1. The highest BCUT2D eigenvalue weighted by molar-refractivity contribution is 6.16. The summed E-state index contributed by atoms with van der Waals surface area (Å²) in [5, 5.41) is 0. The van der Waals surface area contributed by atoms with Crippen LogP contribution in [0.4, 0.5) is 4.39 Å². The van der Waals surface area contributed by atoms with Gasteiger partial charge in [0, 0.05) is 11.8 Å². The van der Waals surface area contributed by atoms with Crippen molar-refractivity contribution >= 4 is 11.6 Å². The lowest BCUT2D eigenvalue weighted by Gasteiger charge is -2.02. The number of aromatic nitrogens is 2. The fourth-order valence-corrected chi connectivity index (χ4v) is 1.41. The molecular formula is C11H8ClFN2. The lowest BCUT2D eigenvalue weighted by Crippen LogP contribution is -1.94. The summed E-state index contributed by atoms with van der Waals surface area (Å²) in [7, 11) is 0. The second kappa shape index (κ2) is 4.36. The van der Waals surface area contributed by atoms with E-state index in [4.69, 9.17) is 11.6 Å². The van der Waals surface area contributed by atoms with Gasteiger partial charge in [-0.1, -0.05) is 12.1 Å². The van der Waals surface area contributed by atoms with Crippen LogP contribution in [-0.2, 0) is 5.88 Å². The van der Waals surface area contributed by atoms with Crippen LogP contribution in [0.15, 0.2) is 36.5 Å². The van der Waals surface area contributed by atoms with Crippen LogP contribution in [-0.4, -0.2) is 9.97 Å². The predicted octanol–water partition coefficient (Wildman–Crippen LogP) is 3.02. The van der Waals surface area contributed by atoms with Crippen molar-refractivity contribution in [2.24, 2.45) is 0 Å². The van der Waals surface area contributed by atoms with E-state index in [-0.39, 0.29) is 11.7 Å². The molecule has 0 aliphatic carbocycles. The molecule has 0 aliphatic rings. The van der Waals surface area contributed by atoms with E-state index in [1.54, 1.807) is 30.5 Å². The summed E-state index contributed by atoms with van der Waals surface area (Å²) in [5.74, 6) is 0.427. The zero-order valence-corrected chi connectivity index (χ0v) is 8.58. The maximum Gasteiger partial charge on any atom is 0.143 e. The monoisotopic (exact) mass is 222 g/mol.